The van der Waals surface area contributed by atoms with Crippen molar-refractivity contribution in [1.29, 1.82) is 0 Å². The molecule has 6 heteroatoms. The first-order chi connectivity index (χ1) is 16.5. The maximum atomic E-state index is 13.1. The molecule has 0 N–H and O–H groups in total. The third-order valence-electron chi connectivity index (χ3n) is 6.17. The SMILES string of the molecule is FC(F)(F)c1ccc([C@@H]2c3cccn3CCCN2Cc2cccc(Oc3ccccc3)c2)cc1. The second-order valence-corrected chi connectivity index (χ2v) is 8.54. The molecule has 0 saturated heterocycles. The maximum absolute atomic E-state index is 13.1. The van der Waals surface area contributed by atoms with E-state index in [0.29, 0.717) is 6.54 Å². The monoisotopic (exact) mass is 462 g/mol. The molecule has 0 saturated carbocycles. The van der Waals surface area contributed by atoms with E-state index >= 15 is 0 Å². The lowest BCUT2D eigenvalue weighted by atomic mass is 9.99. The number of fused-ring (bicyclic) bond motifs is 1. The number of ether oxygens (including phenoxy) is 1. The van der Waals surface area contributed by atoms with Gasteiger partial charge < -0.3 is 9.30 Å². The summed E-state index contributed by atoms with van der Waals surface area (Å²) in [6.07, 6.45) is -1.34. The molecule has 34 heavy (non-hydrogen) atoms. The highest BCUT2D eigenvalue weighted by molar-refractivity contribution is 5.36. The molecule has 0 spiro atoms. The van der Waals surface area contributed by atoms with Gasteiger partial charge in [-0.05, 0) is 66.1 Å². The van der Waals surface area contributed by atoms with Crippen LogP contribution in [0.4, 0.5) is 13.2 Å². The fraction of sp³-hybridized carbons (Fsp3) is 0.214. The molecule has 4 aromatic rings. The van der Waals surface area contributed by atoms with Crippen LogP contribution in [-0.2, 0) is 19.3 Å². The minimum absolute atomic E-state index is 0.140. The number of aromatic nitrogens is 1. The van der Waals surface area contributed by atoms with Crippen LogP contribution in [0.3, 0.4) is 0 Å². The lowest BCUT2D eigenvalue weighted by Crippen LogP contribution is -2.29. The van der Waals surface area contributed by atoms with Crippen molar-refractivity contribution in [3.05, 3.63) is 120 Å². The summed E-state index contributed by atoms with van der Waals surface area (Å²) in [5.74, 6) is 1.53. The normalized spacial score (nSPS) is 16.6. The molecule has 0 fully saturated rings. The van der Waals surface area contributed by atoms with Crippen LogP contribution in [-0.4, -0.2) is 16.0 Å². The van der Waals surface area contributed by atoms with Gasteiger partial charge in [-0.2, -0.15) is 13.2 Å². The number of nitrogens with zero attached hydrogens (tertiary/aromatic N) is 2. The van der Waals surface area contributed by atoms with Gasteiger partial charge >= 0.3 is 6.18 Å². The Hall–Kier alpha value is -3.51. The Morgan fingerprint density at radius 1 is 0.794 bits per heavy atom. The number of para-hydroxylation sites is 1. The number of rotatable bonds is 5. The van der Waals surface area contributed by atoms with Crippen LogP contribution in [0, 0.1) is 0 Å². The smallest absolute Gasteiger partial charge is 0.416 e. The van der Waals surface area contributed by atoms with E-state index in [1.165, 1.54) is 12.1 Å². The van der Waals surface area contributed by atoms with Crippen LogP contribution in [0.5, 0.6) is 11.5 Å². The molecule has 0 radical (unpaired) electrons. The summed E-state index contributed by atoms with van der Waals surface area (Å²) in [5, 5.41) is 0. The third-order valence-corrected chi connectivity index (χ3v) is 6.17. The van der Waals surface area contributed by atoms with E-state index in [2.05, 4.69) is 21.6 Å². The average Bonchev–Trinajstić information content (AvgIpc) is 3.21. The van der Waals surface area contributed by atoms with E-state index in [-0.39, 0.29) is 6.04 Å². The van der Waals surface area contributed by atoms with Crippen molar-refractivity contribution >= 4 is 0 Å². The quantitative estimate of drug-likeness (QED) is 0.310. The predicted molar refractivity (Wildman–Crippen MR) is 126 cm³/mol. The van der Waals surface area contributed by atoms with Gasteiger partial charge in [-0.1, -0.05) is 42.5 Å². The van der Waals surface area contributed by atoms with Gasteiger partial charge in [-0.15, -0.1) is 0 Å². The molecule has 0 bridgehead atoms. The zero-order valence-electron chi connectivity index (χ0n) is 18.6. The van der Waals surface area contributed by atoms with Gasteiger partial charge in [-0.3, -0.25) is 4.90 Å². The van der Waals surface area contributed by atoms with Gasteiger partial charge in [-0.25, -0.2) is 0 Å². The van der Waals surface area contributed by atoms with Crippen molar-refractivity contribution in [3.63, 3.8) is 0 Å². The second kappa shape index (κ2) is 9.39. The number of hydrogen-bond donors (Lipinski definition) is 0. The van der Waals surface area contributed by atoms with Crippen LogP contribution in [0.15, 0.2) is 97.2 Å². The van der Waals surface area contributed by atoms with Gasteiger partial charge in [0.1, 0.15) is 11.5 Å². The summed E-state index contributed by atoms with van der Waals surface area (Å²) < 4.78 is 47.7. The first kappa shape index (κ1) is 22.3. The summed E-state index contributed by atoms with van der Waals surface area (Å²) in [5.41, 5.74) is 2.41. The van der Waals surface area contributed by atoms with Crippen LogP contribution >= 0.6 is 0 Å². The van der Waals surface area contributed by atoms with Gasteiger partial charge in [0, 0.05) is 31.5 Å². The van der Waals surface area contributed by atoms with Crippen molar-refractivity contribution in [3.8, 4) is 11.5 Å². The van der Waals surface area contributed by atoms with Gasteiger partial charge in [0.25, 0.3) is 0 Å². The summed E-state index contributed by atoms with van der Waals surface area (Å²) >= 11 is 0. The molecule has 0 amide bonds. The van der Waals surface area contributed by atoms with Crippen molar-refractivity contribution in [1.82, 2.24) is 9.47 Å². The molecule has 1 aliphatic rings. The standard InChI is InChI=1S/C28H25F3N2O/c29-28(30,31)23-14-12-22(13-15-23)27-26-11-5-16-32(26)17-6-18-33(27)20-21-7-4-10-25(19-21)34-24-8-2-1-3-9-24/h1-5,7-16,19,27H,6,17-18,20H2/t27-/m1/s1. The highest BCUT2D eigenvalue weighted by atomic mass is 19.4. The molecule has 5 rings (SSSR count). The molecular weight excluding hydrogens is 437 g/mol. The van der Waals surface area contributed by atoms with Crippen LogP contribution < -0.4 is 4.74 Å². The first-order valence-corrected chi connectivity index (χ1v) is 11.4. The minimum atomic E-state index is -4.35. The molecule has 1 aromatic heterocycles. The van der Waals surface area contributed by atoms with E-state index < -0.39 is 11.7 Å². The predicted octanol–water partition coefficient (Wildman–Crippen LogP) is 7.29. The molecule has 1 atom stereocenters. The zero-order valence-corrected chi connectivity index (χ0v) is 18.6. The zero-order chi connectivity index (χ0) is 23.5. The Labute approximate surface area is 197 Å². The van der Waals surface area contributed by atoms with Gasteiger partial charge in [0.2, 0.25) is 0 Å². The van der Waals surface area contributed by atoms with Crippen molar-refractivity contribution < 1.29 is 17.9 Å². The van der Waals surface area contributed by atoms with Crippen molar-refractivity contribution in [2.24, 2.45) is 0 Å². The molecular formula is C28H25F3N2O. The summed E-state index contributed by atoms with van der Waals surface area (Å²) in [7, 11) is 0. The minimum Gasteiger partial charge on any atom is -0.457 e. The van der Waals surface area contributed by atoms with E-state index in [0.717, 1.165) is 47.8 Å². The van der Waals surface area contributed by atoms with E-state index in [4.69, 9.17) is 4.74 Å². The Kier molecular flexibility index (Phi) is 6.16. The molecule has 174 valence electrons. The number of benzene rings is 3. The Morgan fingerprint density at radius 2 is 1.56 bits per heavy atom. The molecule has 0 aliphatic carbocycles. The highest BCUT2D eigenvalue weighted by Crippen LogP contribution is 2.36. The first-order valence-electron chi connectivity index (χ1n) is 11.4. The maximum Gasteiger partial charge on any atom is 0.416 e. The lowest BCUT2D eigenvalue weighted by Gasteiger charge is -2.31. The lowest BCUT2D eigenvalue weighted by molar-refractivity contribution is -0.137. The highest BCUT2D eigenvalue weighted by Gasteiger charge is 2.32. The topological polar surface area (TPSA) is 17.4 Å². The van der Waals surface area contributed by atoms with Crippen LogP contribution in [0.1, 0.15) is 34.8 Å². The molecule has 1 aliphatic heterocycles. The number of aryl methyl sites for hydroxylation is 1. The fourth-order valence-corrected chi connectivity index (χ4v) is 4.61. The molecule has 3 aromatic carbocycles. The summed E-state index contributed by atoms with van der Waals surface area (Å²) in [4.78, 5) is 2.34. The average molecular weight is 463 g/mol. The Balaban J connectivity index is 1.44. The number of hydrogen-bond acceptors (Lipinski definition) is 2. The van der Waals surface area contributed by atoms with E-state index in [1.54, 1.807) is 12.1 Å². The molecule has 2 heterocycles. The summed E-state index contributed by atoms with van der Waals surface area (Å²) in [6.45, 7) is 2.37. The summed E-state index contributed by atoms with van der Waals surface area (Å²) in [6, 6.07) is 27.1. The fourth-order valence-electron chi connectivity index (χ4n) is 4.61. The largest absolute Gasteiger partial charge is 0.457 e. The number of alkyl halides is 3. The van der Waals surface area contributed by atoms with Gasteiger partial charge in [0.05, 0.1) is 11.6 Å². The third kappa shape index (κ3) is 4.87. The number of halogens is 3. The van der Waals surface area contributed by atoms with Crippen molar-refractivity contribution in [2.75, 3.05) is 6.54 Å². The van der Waals surface area contributed by atoms with Crippen molar-refractivity contribution in [2.45, 2.75) is 31.7 Å². The molecule has 3 nitrogen and oxygen atoms in total. The van der Waals surface area contributed by atoms with Gasteiger partial charge in [0.15, 0.2) is 0 Å². The van der Waals surface area contributed by atoms with Crippen LogP contribution in [0.25, 0.3) is 0 Å². The Bertz CT molecular complexity index is 1230. The molecule has 0 unspecified atom stereocenters. The Morgan fingerprint density at radius 3 is 2.32 bits per heavy atom. The van der Waals surface area contributed by atoms with E-state index in [1.807, 2.05) is 60.8 Å². The van der Waals surface area contributed by atoms with E-state index in [9.17, 15) is 13.2 Å². The van der Waals surface area contributed by atoms with Crippen LogP contribution in [0.2, 0.25) is 0 Å². The second-order valence-electron chi connectivity index (χ2n) is 8.54.